The van der Waals surface area contributed by atoms with E-state index in [-0.39, 0.29) is 23.4 Å². The molecule has 0 aliphatic carbocycles. The lowest BCUT2D eigenvalue weighted by Gasteiger charge is -2.34. The normalized spacial score (nSPS) is 12.2. The van der Waals surface area contributed by atoms with Gasteiger partial charge in [0, 0.05) is 17.6 Å². The predicted molar refractivity (Wildman–Crippen MR) is 156 cm³/mol. The number of halogens is 1. The lowest BCUT2D eigenvalue weighted by atomic mass is 10.1. The fraction of sp³-hybridized carbons (Fsp3) is 0.333. The number of amides is 2. The molecule has 1 atom stereocenters. The van der Waals surface area contributed by atoms with Crippen molar-refractivity contribution in [2.24, 2.45) is 0 Å². The number of carbonyl (C=O) groups is 2. The van der Waals surface area contributed by atoms with Crippen molar-refractivity contribution in [3.63, 3.8) is 0 Å². The number of sulfonamides is 1. The predicted octanol–water partition coefficient (Wildman–Crippen LogP) is 5.48. The average Bonchev–Trinajstić information content (AvgIpc) is 2.88. The van der Waals surface area contributed by atoms with Crippen LogP contribution >= 0.6 is 11.6 Å². The molecule has 1 unspecified atom stereocenters. The molecule has 3 aromatic rings. The summed E-state index contributed by atoms with van der Waals surface area (Å²) in [4.78, 5) is 28.9. The van der Waals surface area contributed by atoms with Gasteiger partial charge in [-0.25, -0.2) is 8.42 Å². The maximum Gasteiger partial charge on any atom is 0.264 e. The van der Waals surface area contributed by atoms with Crippen molar-refractivity contribution in [2.75, 3.05) is 10.8 Å². The minimum absolute atomic E-state index is 0.0576. The molecule has 0 aromatic heterocycles. The Balaban J connectivity index is 2.10. The molecule has 3 aromatic carbocycles. The number of hydrogen-bond donors (Lipinski definition) is 1. The van der Waals surface area contributed by atoms with Crippen LogP contribution in [0.15, 0.2) is 77.7 Å². The van der Waals surface area contributed by atoms with E-state index in [0.29, 0.717) is 22.7 Å². The van der Waals surface area contributed by atoms with Crippen LogP contribution < -0.4 is 9.62 Å². The highest BCUT2D eigenvalue weighted by Crippen LogP contribution is 2.29. The van der Waals surface area contributed by atoms with E-state index in [1.165, 1.54) is 17.0 Å². The van der Waals surface area contributed by atoms with Crippen LogP contribution in [0.3, 0.4) is 0 Å². The molecular formula is C30H36ClN3O4S. The van der Waals surface area contributed by atoms with Crippen molar-refractivity contribution in [3.05, 3.63) is 94.5 Å². The maximum atomic E-state index is 14.1. The van der Waals surface area contributed by atoms with Gasteiger partial charge in [-0.1, -0.05) is 61.0 Å². The number of hydrogen-bond acceptors (Lipinski definition) is 4. The zero-order chi connectivity index (χ0) is 28.7. The third kappa shape index (κ3) is 7.40. The Bertz CT molecular complexity index is 1410. The second kappa shape index (κ2) is 13.1. The van der Waals surface area contributed by atoms with Crippen LogP contribution in [0, 0.1) is 13.8 Å². The molecule has 9 heteroatoms. The summed E-state index contributed by atoms with van der Waals surface area (Å²) in [6, 6.07) is 19.6. The fourth-order valence-electron chi connectivity index (χ4n) is 4.40. The molecule has 0 aliphatic rings. The number of carbonyl (C=O) groups excluding carboxylic acids is 2. The molecule has 0 radical (unpaired) electrons. The van der Waals surface area contributed by atoms with E-state index in [2.05, 4.69) is 5.32 Å². The summed E-state index contributed by atoms with van der Waals surface area (Å²) >= 11 is 6.16. The minimum Gasteiger partial charge on any atom is -0.352 e. The first-order valence-electron chi connectivity index (χ1n) is 12.9. The summed E-state index contributed by atoms with van der Waals surface area (Å²) in [6.45, 7) is 8.91. The van der Waals surface area contributed by atoms with Gasteiger partial charge in [-0.05, 0) is 81.1 Å². The first-order valence-corrected chi connectivity index (χ1v) is 14.8. The second-order valence-corrected chi connectivity index (χ2v) is 12.1. The number of rotatable bonds is 11. The van der Waals surface area contributed by atoms with Crippen LogP contribution in [0.2, 0.25) is 5.02 Å². The van der Waals surface area contributed by atoms with Crippen LogP contribution in [0.1, 0.15) is 43.9 Å². The van der Waals surface area contributed by atoms with Crippen LogP contribution in [0.25, 0.3) is 0 Å². The van der Waals surface area contributed by atoms with Gasteiger partial charge >= 0.3 is 0 Å². The monoisotopic (exact) mass is 569 g/mol. The van der Waals surface area contributed by atoms with Gasteiger partial charge in [0.15, 0.2) is 0 Å². The smallest absolute Gasteiger partial charge is 0.264 e. The third-order valence-electron chi connectivity index (χ3n) is 6.46. The Morgan fingerprint density at radius 3 is 2.15 bits per heavy atom. The molecule has 0 bridgehead atoms. The van der Waals surface area contributed by atoms with Crippen LogP contribution in [-0.4, -0.2) is 43.8 Å². The van der Waals surface area contributed by atoms with Crippen molar-refractivity contribution < 1.29 is 18.0 Å². The number of anilines is 1. The van der Waals surface area contributed by atoms with Crippen LogP contribution in [-0.2, 0) is 26.2 Å². The van der Waals surface area contributed by atoms with Gasteiger partial charge in [0.25, 0.3) is 10.0 Å². The Kier molecular flexibility index (Phi) is 10.2. The van der Waals surface area contributed by atoms with Gasteiger partial charge in [0.05, 0.1) is 10.6 Å². The van der Waals surface area contributed by atoms with E-state index in [0.717, 1.165) is 15.4 Å². The summed E-state index contributed by atoms with van der Waals surface area (Å²) in [5.41, 5.74) is 2.79. The number of nitrogens with zero attached hydrogens (tertiary/aromatic N) is 2. The molecule has 0 saturated carbocycles. The number of nitrogens with one attached hydrogen (secondary N) is 1. The fourth-order valence-corrected chi connectivity index (χ4v) is 6.13. The highest BCUT2D eigenvalue weighted by molar-refractivity contribution is 7.92. The van der Waals surface area contributed by atoms with Gasteiger partial charge in [-0.2, -0.15) is 0 Å². The SMILES string of the molecule is CCC(C(=O)NC(C)C)N(Cc1ccccc1C)C(=O)CN(c1ccc(Cl)cc1C)S(=O)(=O)c1ccccc1. The number of benzene rings is 3. The molecular weight excluding hydrogens is 534 g/mol. The molecule has 0 heterocycles. The molecule has 3 rings (SSSR count). The van der Waals surface area contributed by atoms with E-state index in [9.17, 15) is 18.0 Å². The summed E-state index contributed by atoms with van der Waals surface area (Å²) in [6.07, 6.45) is 0.363. The van der Waals surface area contributed by atoms with Crippen LogP contribution in [0.5, 0.6) is 0 Å². The van der Waals surface area contributed by atoms with Gasteiger partial charge in [0.1, 0.15) is 12.6 Å². The summed E-state index contributed by atoms with van der Waals surface area (Å²) in [5.74, 6) is -0.771. The highest BCUT2D eigenvalue weighted by Gasteiger charge is 2.34. The maximum absolute atomic E-state index is 14.1. The molecule has 0 spiro atoms. The van der Waals surface area contributed by atoms with E-state index >= 15 is 0 Å². The van der Waals surface area contributed by atoms with Gasteiger partial charge in [0.2, 0.25) is 11.8 Å². The summed E-state index contributed by atoms with van der Waals surface area (Å²) in [7, 11) is -4.13. The first-order chi connectivity index (χ1) is 18.4. The lowest BCUT2D eigenvalue weighted by Crippen LogP contribution is -2.53. The summed E-state index contributed by atoms with van der Waals surface area (Å²) < 4.78 is 28.9. The quantitative estimate of drug-likeness (QED) is 0.331. The van der Waals surface area contributed by atoms with E-state index in [1.807, 2.05) is 52.0 Å². The van der Waals surface area contributed by atoms with E-state index < -0.39 is 28.5 Å². The molecule has 7 nitrogen and oxygen atoms in total. The van der Waals surface area contributed by atoms with Crippen molar-refractivity contribution in [2.45, 2.75) is 64.6 Å². The molecule has 0 aliphatic heterocycles. The molecule has 208 valence electrons. The molecule has 0 saturated heterocycles. The number of aryl methyl sites for hydroxylation is 2. The summed E-state index contributed by atoms with van der Waals surface area (Å²) in [5, 5.41) is 3.36. The standard InChI is InChI=1S/C30H36ClN3O4S/c1-6-27(30(36)32-21(2)3)33(19-24-13-11-10-12-22(24)4)29(35)20-34(28-17-16-25(31)18-23(28)5)39(37,38)26-14-8-7-9-15-26/h7-18,21,27H,6,19-20H2,1-5H3,(H,32,36). The Morgan fingerprint density at radius 2 is 1.56 bits per heavy atom. The molecule has 1 N–H and O–H groups in total. The minimum atomic E-state index is -4.13. The molecule has 0 fully saturated rings. The van der Waals surface area contributed by atoms with Crippen molar-refractivity contribution >= 4 is 39.1 Å². The van der Waals surface area contributed by atoms with Crippen LogP contribution in [0.4, 0.5) is 5.69 Å². The first kappa shape index (κ1) is 30.2. The largest absolute Gasteiger partial charge is 0.352 e. The third-order valence-corrected chi connectivity index (χ3v) is 8.47. The van der Waals surface area contributed by atoms with Crippen molar-refractivity contribution in [1.82, 2.24) is 10.2 Å². The van der Waals surface area contributed by atoms with Crippen molar-refractivity contribution in [1.29, 1.82) is 0 Å². The van der Waals surface area contributed by atoms with Gasteiger partial charge in [-0.15, -0.1) is 0 Å². The zero-order valence-corrected chi connectivity index (χ0v) is 24.6. The van der Waals surface area contributed by atoms with E-state index in [4.69, 9.17) is 11.6 Å². The Morgan fingerprint density at radius 1 is 0.923 bits per heavy atom. The molecule has 39 heavy (non-hydrogen) atoms. The Hall–Kier alpha value is -3.36. The topological polar surface area (TPSA) is 86.8 Å². The Labute approximate surface area is 236 Å². The van der Waals surface area contributed by atoms with Gasteiger partial charge in [-0.3, -0.25) is 13.9 Å². The highest BCUT2D eigenvalue weighted by atomic mass is 35.5. The van der Waals surface area contributed by atoms with Gasteiger partial charge < -0.3 is 10.2 Å². The zero-order valence-electron chi connectivity index (χ0n) is 23.0. The van der Waals surface area contributed by atoms with Crippen molar-refractivity contribution in [3.8, 4) is 0 Å². The van der Waals surface area contributed by atoms with E-state index in [1.54, 1.807) is 43.3 Å². The average molecular weight is 570 g/mol. The second-order valence-electron chi connectivity index (χ2n) is 9.79. The lowest BCUT2D eigenvalue weighted by molar-refractivity contribution is -0.140. The molecule has 2 amide bonds.